The second-order valence-corrected chi connectivity index (χ2v) is 6.76. The number of benzene rings is 2. The first-order chi connectivity index (χ1) is 13.8. The van der Waals surface area contributed by atoms with Crippen LogP contribution in [0.4, 0.5) is 5.69 Å². The van der Waals surface area contributed by atoms with Gasteiger partial charge in [0.15, 0.2) is 11.5 Å². The van der Waals surface area contributed by atoms with E-state index in [-0.39, 0.29) is 5.75 Å². The van der Waals surface area contributed by atoms with Crippen LogP contribution in [-0.2, 0) is 0 Å². The number of fused-ring (bicyclic) bond motifs is 2. The van der Waals surface area contributed by atoms with E-state index in [0.29, 0.717) is 22.4 Å². The molecule has 3 aromatic rings. The third-order valence-corrected chi connectivity index (χ3v) is 5.14. The number of hydrogen-bond acceptors (Lipinski definition) is 6. The van der Waals surface area contributed by atoms with Gasteiger partial charge in [-0.05, 0) is 36.7 Å². The summed E-state index contributed by atoms with van der Waals surface area (Å²) in [7, 11) is 1.65. The van der Waals surface area contributed by atoms with Gasteiger partial charge in [0.05, 0.1) is 29.4 Å². The van der Waals surface area contributed by atoms with E-state index in [9.17, 15) is 5.11 Å². The van der Waals surface area contributed by atoms with E-state index in [1.54, 1.807) is 13.2 Å². The highest BCUT2D eigenvalue weighted by molar-refractivity contribution is 5.99. The molecule has 0 saturated heterocycles. The summed E-state index contributed by atoms with van der Waals surface area (Å²) in [5.74, 6) is 1.20. The van der Waals surface area contributed by atoms with Crippen molar-refractivity contribution in [2.45, 2.75) is 6.42 Å². The number of furan rings is 1. The van der Waals surface area contributed by atoms with Crippen LogP contribution in [0.3, 0.4) is 0 Å². The predicted molar refractivity (Wildman–Crippen MR) is 109 cm³/mol. The van der Waals surface area contributed by atoms with Crippen molar-refractivity contribution in [1.82, 2.24) is 5.32 Å². The van der Waals surface area contributed by atoms with Crippen molar-refractivity contribution in [3.8, 4) is 11.5 Å². The molecule has 0 spiro atoms. The summed E-state index contributed by atoms with van der Waals surface area (Å²) < 4.78 is 11.7. The molecule has 0 bridgehead atoms. The normalized spacial score (nSPS) is 17.2. The van der Waals surface area contributed by atoms with E-state index in [1.165, 1.54) is 0 Å². The Hall–Kier alpha value is -3.38. The maximum atomic E-state index is 10.8. The molecule has 0 amide bonds. The summed E-state index contributed by atoms with van der Waals surface area (Å²) in [6.45, 7) is 1.70. The largest absolute Gasteiger partial charge is 0.504 e. The molecular formula is C22H19N3O3. The fourth-order valence-electron chi connectivity index (χ4n) is 3.74. The van der Waals surface area contributed by atoms with Crippen LogP contribution in [0.5, 0.6) is 11.5 Å². The molecule has 6 heteroatoms. The third kappa shape index (κ3) is 2.61. The van der Waals surface area contributed by atoms with Gasteiger partial charge in [-0.2, -0.15) is 0 Å². The number of azo groups is 1. The zero-order valence-corrected chi connectivity index (χ0v) is 15.4. The lowest BCUT2D eigenvalue weighted by molar-refractivity contribution is 0.412. The van der Waals surface area contributed by atoms with Gasteiger partial charge in [-0.25, -0.2) is 0 Å². The summed E-state index contributed by atoms with van der Waals surface area (Å²) >= 11 is 0. The highest BCUT2D eigenvalue weighted by Crippen LogP contribution is 2.44. The lowest BCUT2D eigenvalue weighted by atomic mass is 9.97. The Morgan fingerprint density at radius 3 is 2.89 bits per heavy atom. The van der Waals surface area contributed by atoms with Crippen LogP contribution < -0.4 is 10.1 Å². The fourth-order valence-corrected chi connectivity index (χ4v) is 3.74. The number of methoxy groups -OCH3 is 1. The van der Waals surface area contributed by atoms with Gasteiger partial charge < -0.3 is 19.6 Å². The first-order valence-electron chi connectivity index (χ1n) is 9.21. The lowest BCUT2D eigenvalue weighted by Gasteiger charge is -2.17. The SMILES string of the molecule is COc1ccc2c(O)c(C=C3N=Nc4ccccc43)oc2c1C1=CCNCC1. The second-order valence-electron chi connectivity index (χ2n) is 6.76. The van der Waals surface area contributed by atoms with Crippen molar-refractivity contribution in [1.29, 1.82) is 0 Å². The quantitative estimate of drug-likeness (QED) is 0.668. The molecule has 0 aliphatic carbocycles. The number of rotatable bonds is 3. The molecule has 2 aliphatic heterocycles. The minimum absolute atomic E-state index is 0.0977. The molecule has 28 heavy (non-hydrogen) atoms. The Labute approximate surface area is 161 Å². The minimum atomic E-state index is 0.0977. The standard InChI is InChI=1S/C22H19N3O3/c1-27-18-7-6-15-21(26)19(12-17-14-4-2-3-5-16(14)24-25-17)28-22(15)20(18)13-8-10-23-11-9-13/h2-8,12,23,26H,9-11H2,1H3. The average Bonchev–Trinajstić information content (AvgIpc) is 3.29. The molecule has 140 valence electrons. The van der Waals surface area contributed by atoms with Crippen LogP contribution in [-0.4, -0.2) is 25.3 Å². The first-order valence-corrected chi connectivity index (χ1v) is 9.21. The van der Waals surface area contributed by atoms with Crippen molar-refractivity contribution in [3.05, 3.63) is 59.4 Å². The predicted octanol–water partition coefficient (Wildman–Crippen LogP) is 5.12. The van der Waals surface area contributed by atoms with Crippen LogP contribution in [0, 0.1) is 0 Å². The molecular weight excluding hydrogens is 354 g/mol. The van der Waals surface area contributed by atoms with E-state index in [1.807, 2.05) is 36.4 Å². The van der Waals surface area contributed by atoms with Crippen molar-refractivity contribution < 1.29 is 14.3 Å². The number of nitrogens with one attached hydrogen (secondary N) is 1. The van der Waals surface area contributed by atoms with Crippen molar-refractivity contribution in [3.63, 3.8) is 0 Å². The highest BCUT2D eigenvalue weighted by atomic mass is 16.5. The van der Waals surface area contributed by atoms with Gasteiger partial charge >= 0.3 is 0 Å². The van der Waals surface area contributed by atoms with Crippen LogP contribution in [0.1, 0.15) is 23.3 Å². The minimum Gasteiger partial charge on any atom is -0.504 e. The van der Waals surface area contributed by atoms with Gasteiger partial charge in [-0.1, -0.05) is 24.3 Å². The Kier molecular flexibility index (Phi) is 3.98. The Morgan fingerprint density at radius 2 is 2.07 bits per heavy atom. The fraction of sp³-hybridized carbons (Fsp3) is 0.182. The van der Waals surface area contributed by atoms with Gasteiger partial charge in [0.25, 0.3) is 0 Å². The molecule has 6 nitrogen and oxygen atoms in total. The monoisotopic (exact) mass is 373 g/mol. The summed E-state index contributed by atoms with van der Waals surface area (Å²) in [5, 5.41) is 23.2. The molecule has 0 fully saturated rings. The van der Waals surface area contributed by atoms with Gasteiger partial charge in [-0.15, -0.1) is 10.2 Å². The van der Waals surface area contributed by atoms with E-state index >= 15 is 0 Å². The molecule has 2 aliphatic rings. The second kappa shape index (κ2) is 6.65. The lowest BCUT2D eigenvalue weighted by Crippen LogP contribution is -2.20. The maximum Gasteiger partial charge on any atom is 0.172 e. The highest BCUT2D eigenvalue weighted by Gasteiger charge is 2.23. The summed E-state index contributed by atoms with van der Waals surface area (Å²) in [6.07, 6.45) is 4.74. The number of nitrogens with zero attached hydrogens (tertiary/aromatic N) is 2. The zero-order chi connectivity index (χ0) is 19.1. The Balaban J connectivity index is 1.69. The molecule has 0 saturated carbocycles. The van der Waals surface area contributed by atoms with E-state index in [4.69, 9.17) is 9.15 Å². The molecule has 0 unspecified atom stereocenters. The zero-order valence-electron chi connectivity index (χ0n) is 15.4. The van der Waals surface area contributed by atoms with E-state index in [0.717, 1.165) is 47.6 Å². The van der Waals surface area contributed by atoms with Gasteiger partial charge in [0, 0.05) is 18.2 Å². The number of hydrogen-bond donors (Lipinski definition) is 2. The first kappa shape index (κ1) is 16.8. The molecule has 2 aromatic carbocycles. The molecule has 1 aromatic heterocycles. The topological polar surface area (TPSA) is 79.3 Å². The molecule has 2 N–H and O–H groups in total. The summed E-state index contributed by atoms with van der Waals surface area (Å²) in [6, 6.07) is 11.4. The molecule has 5 rings (SSSR count). The van der Waals surface area contributed by atoms with Gasteiger partial charge in [-0.3, -0.25) is 0 Å². The Bertz CT molecular complexity index is 1170. The van der Waals surface area contributed by atoms with E-state index in [2.05, 4.69) is 21.6 Å². The average molecular weight is 373 g/mol. The molecule has 0 atom stereocenters. The summed E-state index contributed by atoms with van der Waals surface area (Å²) in [4.78, 5) is 0. The molecule has 0 radical (unpaired) electrons. The Morgan fingerprint density at radius 1 is 1.18 bits per heavy atom. The van der Waals surface area contributed by atoms with Crippen molar-refractivity contribution in [2.24, 2.45) is 10.2 Å². The van der Waals surface area contributed by atoms with Crippen LogP contribution >= 0.6 is 0 Å². The number of aromatic hydroxyl groups is 1. The smallest absolute Gasteiger partial charge is 0.172 e. The van der Waals surface area contributed by atoms with Crippen LogP contribution in [0.25, 0.3) is 28.3 Å². The third-order valence-electron chi connectivity index (χ3n) is 5.14. The summed E-state index contributed by atoms with van der Waals surface area (Å²) in [5.41, 5.74) is 5.07. The van der Waals surface area contributed by atoms with E-state index < -0.39 is 0 Å². The van der Waals surface area contributed by atoms with Crippen LogP contribution in [0.2, 0.25) is 0 Å². The molecule has 3 heterocycles. The van der Waals surface area contributed by atoms with Crippen molar-refractivity contribution >= 4 is 34.0 Å². The van der Waals surface area contributed by atoms with Gasteiger partial charge in [0.2, 0.25) is 0 Å². The maximum absolute atomic E-state index is 10.8. The van der Waals surface area contributed by atoms with Gasteiger partial charge in [0.1, 0.15) is 11.3 Å². The van der Waals surface area contributed by atoms with Crippen LogP contribution in [0.15, 0.2) is 57.1 Å². The number of ether oxygens (including phenoxy) is 1. The van der Waals surface area contributed by atoms with Crippen molar-refractivity contribution in [2.75, 3.05) is 20.2 Å².